The number of rotatable bonds is 9. The van der Waals surface area contributed by atoms with E-state index in [1.54, 1.807) is 0 Å². The number of esters is 1. The summed E-state index contributed by atoms with van der Waals surface area (Å²) in [6.45, 7) is 10.8. The molecule has 0 aromatic carbocycles. The molecule has 0 rings (SSSR count). The third-order valence-electron chi connectivity index (χ3n) is 2.23. The van der Waals surface area contributed by atoms with Crippen LogP contribution in [0.1, 0.15) is 41.0 Å². The van der Waals surface area contributed by atoms with Crippen LogP contribution in [0.3, 0.4) is 0 Å². The van der Waals surface area contributed by atoms with Gasteiger partial charge in [0.2, 0.25) is 0 Å². The molecule has 0 fully saturated rings. The highest BCUT2D eigenvalue weighted by molar-refractivity contribution is 7.99. The zero-order valence-electron chi connectivity index (χ0n) is 11.8. The molecule has 0 aliphatic rings. The highest BCUT2D eigenvalue weighted by Crippen LogP contribution is 2.11. The van der Waals surface area contributed by atoms with Crippen molar-refractivity contribution in [2.75, 3.05) is 18.1 Å². The van der Waals surface area contributed by atoms with Gasteiger partial charge in [-0.05, 0) is 25.0 Å². The van der Waals surface area contributed by atoms with Crippen LogP contribution in [0.2, 0.25) is 0 Å². The zero-order valence-corrected chi connectivity index (χ0v) is 12.6. The van der Waals surface area contributed by atoms with Crippen molar-refractivity contribution >= 4 is 17.7 Å². The van der Waals surface area contributed by atoms with E-state index >= 15 is 0 Å². The molecule has 4 heteroatoms. The van der Waals surface area contributed by atoms with Crippen molar-refractivity contribution in [3.8, 4) is 0 Å². The highest BCUT2D eigenvalue weighted by Gasteiger charge is 2.20. The Morgan fingerprint density at radius 2 is 1.94 bits per heavy atom. The molecule has 0 aliphatic heterocycles. The molecule has 0 saturated heterocycles. The molecule has 17 heavy (non-hydrogen) atoms. The van der Waals surface area contributed by atoms with Gasteiger partial charge >= 0.3 is 5.97 Å². The van der Waals surface area contributed by atoms with Crippen molar-refractivity contribution in [1.29, 1.82) is 0 Å². The van der Waals surface area contributed by atoms with Gasteiger partial charge in [-0.1, -0.05) is 27.7 Å². The predicted molar refractivity (Wildman–Crippen MR) is 75.5 cm³/mol. The van der Waals surface area contributed by atoms with Crippen molar-refractivity contribution < 1.29 is 9.53 Å². The fourth-order valence-electron chi connectivity index (χ4n) is 1.35. The Hall–Kier alpha value is -0.220. The SMILES string of the molecule is CCOC(=O)C(CSCCC(C)C)NC(C)C. The van der Waals surface area contributed by atoms with Crippen molar-refractivity contribution in [2.45, 2.75) is 53.1 Å². The van der Waals surface area contributed by atoms with Gasteiger partial charge in [0.05, 0.1) is 6.61 Å². The van der Waals surface area contributed by atoms with Crippen molar-refractivity contribution in [1.82, 2.24) is 5.32 Å². The summed E-state index contributed by atoms with van der Waals surface area (Å²) in [6.07, 6.45) is 1.20. The van der Waals surface area contributed by atoms with E-state index in [2.05, 4.69) is 19.2 Å². The lowest BCUT2D eigenvalue weighted by atomic mass is 10.2. The second-order valence-corrected chi connectivity index (χ2v) is 6.03. The predicted octanol–water partition coefficient (Wildman–Crippen LogP) is 2.70. The largest absolute Gasteiger partial charge is 0.465 e. The number of nitrogens with one attached hydrogen (secondary N) is 1. The lowest BCUT2D eigenvalue weighted by molar-refractivity contribution is -0.145. The standard InChI is InChI=1S/C13H27NO2S/c1-6-16-13(15)12(14-11(4)5)9-17-8-7-10(2)3/h10-12,14H,6-9H2,1-5H3. The van der Waals surface area contributed by atoms with Gasteiger partial charge in [0, 0.05) is 11.8 Å². The molecule has 0 aromatic heterocycles. The van der Waals surface area contributed by atoms with E-state index in [1.165, 1.54) is 6.42 Å². The van der Waals surface area contributed by atoms with Crippen molar-refractivity contribution in [3.63, 3.8) is 0 Å². The molecular formula is C13H27NO2S. The number of ether oxygens (including phenoxy) is 1. The Kier molecular flexibility index (Phi) is 9.65. The molecular weight excluding hydrogens is 234 g/mol. The molecule has 1 unspecified atom stereocenters. The monoisotopic (exact) mass is 261 g/mol. The Labute approximate surface area is 110 Å². The number of carbonyl (C=O) groups excluding carboxylic acids is 1. The van der Waals surface area contributed by atoms with Gasteiger partial charge in [-0.2, -0.15) is 11.8 Å². The summed E-state index contributed by atoms with van der Waals surface area (Å²) in [6, 6.07) is 0.127. The second kappa shape index (κ2) is 9.77. The maximum atomic E-state index is 11.7. The van der Waals surface area contributed by atoms with Crippen LogP contribution in [0.4, 0.5) is 0 Å². The molecule has 3 nitrogen and oxygen atoms in total. The van der Waals surface area contributed by atoms with Crippen LogP contribution < -0.4 is 5.32 Å². The number of hydrogen-bond acceptors (Lipinski definition) is 4. The summed E-state index contributed by atoms with van der Waals surface area (Å²) >= 11 is 1.82. The quantitative estimate of drug-likeness (QED) is 0.511. The minimum atomic E-state index is -0.174. The van der Waals surface area contributed by atoms with Gasteiger partial charge in [-0.25, -0.2) is 0 Å². The van der Waals surface area contributed by atoms with Crippen molar-refractivity contribution in [3.05, 3.63) is 0 Å². The maximum Gasteiger partial charge on any atom is 0.323 e. The molecule has 0 aliphatic carbocycles. The molecule has 0 bridgehead atoms. The van der Waals surface area contributed by atoms with Gasteiger partial charge in [-0.15, -0.1) is 0 Å². The summed E-state index contributed by atoms with van der Waals surface area (Å²) < 4.78 is 5.07. The van der Waals surface area contributed by atoms with Gasteiger partial charge in [0.15, 0.2) is 0 Å². The summed E-state index contributed by atoms with van der Waals surface area (Å²) in [5.74, 6) is 2.50. The van der Waals surface area contributed by atoms with Crippen LogP contribution >= 0.6 is 11.8 Å². The van der Waals surface area contributed by atoms with Crippen LogP contribution in [0.5, 0.6) is 0 Å². The smallest absolute Gasteiger partial charge is 0.323 e. The number of carbonyl (C=O) groups is 1. The summed E-state index contributed by atoms with van der Waals surface area (Å²) in [5.41, 5.74) is 0. The first-order valence-electron chi connectivity index (χ1n) is 6.47. The van der Waals surface area contributed by atoms with E-state index in [4.69, 9.17) is 4.74 Å². The van der Waals surface area contributed by atoms with Gasteiger partial charge in [0.25, 0.3) is 0 Å². The van der Waals surface area contributed by atoms with E-state index < -0.39 is 0 Å². The summed E-state index contributed by atoms with van der Waals surface area (Å²) in [7, 11) is 0. The summed E-state index contributed by atoms with van der Waals surface area (Å²) in [4.78, 5) is 11.7. The molecule has 0 saturated carbocycles. The molecule has 0 amide bonds. The van der Waals surface area contributed by atoms with Gasteiger partial charge < -0.3 is 10.1 Å². The normalized spacial score (nSPS) is 13.1. The Morgan fingerprint density at radius 1 is 1.29 bits per heavy atom. The first-order chi connectivity index (χ1) is 7.97. The van der Waals surface area contributed by atoms with Crippen LogP contribution in [0, 0.1) is 5.92 Å². The zero-order chi connectivity index (χ0) is 13.3. The molecule has 1 atom stereocenters. The van der Waals surface area contributed by atoms with Crippen LogP contribution in [0.15, 0.2) is 0 Å². The third-order valence-corrected chi connectivity index (χ3v) is 3.32. The first-order valence-corrected chi connectivity index (χ1v) is 7.63. The van der Waals surface area contributed by atoms with E-state index in [-0.39, 0.29) is 12.0 Å². The topological polar surface area (TPSA) is 38.3 Å². The van der Waals surface area contributed by atoms with E-state index in [0.29, 0.717) is 12.6 Å². The minimum Gasteiger partial charge on any atom is -0.465 e. The Balaban J connectivity index is 3.97. The third kappa shape index (κ3) is 9.48. The van der Waals surface area contributed by atoms with E-state index in [9.17, 15) is 4.79 Å². The molecule has 0 radical (unpaired) electrons. The fourth-order valence-corrected chi connectivity index (χ4v) is 2.62. The van der Waals surface area contributed by atoms with Gasteiger partial charge in [-0.3, -0.25) is 4.79 Å². The second-order valence-electron chi connectivity index (χ2n) is 4.88. The first kappa shape index (κ1) is 16.8. The van der Waals surface area contributed by atoms with Gasteiger partial charge in [0.1, 0.15) is 6.04 Å². The van der Waals surface area contributed by atoms with Crippen LogP contribution in [-0.2, 0) is 9.53 Å². The number of thioether (sulfide) groups is 1. The summed E-state index contributed by atoms with van der Waals surface area (Å²) in [5, 5.41) is 3.26. The highest BCUT2D eigenvalue weighted by atomic mass is 32.2. The molecule has 0 heterocycles. The Morgan fingerprint density at radius 3 is 2.41 bits per heavy atom. The van der Waals surface area contributed by atoms with E-state index in [1.807, 2.05) is 32.5 Å². The lowest BCUT2D eigenvalue weighted by Gasteiger charge is -2.19. The maximum absolute atomic E-state index is 11.7. The van der Waals surface area contributed by atoms with Crippen LogP contribution in [-0.4, -0.2) is 36.2 Å². The molecule has 0 spiro atoms. The fraction of sp³-hybridized carbons (Fsp3) is 0.923. The van der Waals surface area contributed by atoms with Crippen LogP contribution in [0.25, 0.3) is 0 Å². The molecule has 102 valence electrons. The Bertz CT molecular complexity index is 208. The van der Waals surface area contributed by atoms with E-state index in [0.717, 1.165) is 17.4 Å². The lowest BCUT2D eigenvalue weighted by Crippen LogP contribution is -2.43. The minimum absolute atomic E-state index is 0.127. The number of hydrogen-bond donors (Lipinski definition) is 1. The molecule has 0 aromatic rings. The average Bonchev–Trinajstić information content (AvgIpc) is 2.22. The molecule has 1 N–H and O–H groups in total. The average molecular weight is 261 g/mol. The van der Waals surface area contributed by atoms with Crippen molar-refractivity contribution in [2.24, 2.45) is 5.92 Å².